The van der Waals surface area contributed by atoms with Gasteiger partial charge in [-0.15, -0.1) is 0 Å². The number of allylic oxidation sites excluding steroid dienone is 1. The summed E-state index contributed by atoms with van der Waals surface area (Å²) >= 11 is 4.43. The third kappa shape index (κ3) is 3.37. The van der Waals surface area contributed by atoms with E-state index in [1.165, 1.54) is 0 Å². The number of alkyl halides is 3. The summed E-state index contributed by atoms with van der Waals surface area (Å²) in [5, 5.41) is 0. The van der Waals surface area contributed by atoms with Crippen molar-refractivity contribution in [3.05, 3.63) is 17.8 Å². The molecular formula is C4HClF4O. The minimum Gasteiger partial charge on any atom is -0.385 e. The molecule has 0 rings (SSSR count). The van der Waals surface area contributed by atoms with E-state index >= 15 is 0 Å². The summed E-state index contributed by atoms with van der Waals surface area (Å²) < 4.78 is 48.6. The molecule has 6 heteroatoms. The van der Waals surface area contributed by atoms with Gasteiger partial charge in [-0.25, -0.2) is 0 Å². The third-order valence-electron chi connectivity index (χ3n) is 0.479. The normalized spacial score (nSPS) is 10.1. The van der Waals surface area contributed by atoms with E-state index in [1.807, 2.05) is 0 Å². The lowest BCUT2D eigenvalue weighted by molar-refractivity contribution is -0.108. The Labute approximate surface area is 58.7 Å². The van der Waals surface area contributed by atoms with Gasteiger partial charge in [-0.2, -0.15) is 17.6 Å². The van der Waals surface area contributed by atoms with Crippen LogP contribution in [0.15, 0.2) is 17.8 Å². The van der Waals surface area contributed by atoms with Crippen LogP contribution in [0, 0.1) is 0 Å². The molecule has 0 unspecified atom stereocenters. The standard InChI is InChI=1S/C4HClF4O/c5-10-2-1-3(6)4(7,8)9/h2H. The molecule has 0 fully saturated rings. The Hall–Kier alpha value is -0.670. The van der Waals surface area contributed by atoms with Crippen molar-refractivity contribution in [3.8, 4) is 0 Å². The SMILES string of the molecule is FC(=C=COCl)C(F)(F)F. The van der Waals surface area contributed by atoms with Crippen molar-refractivity contribution in [1.29, 1.82) is 0 Å². The monoisotopic (exact) mass is 176 g/mol. The van der Waals surface area contributed by atoms with Gasteiger partial charge in [0, 0.05) is 0 Å². The fourth-order valence-corrected chi connectivity index (χ4v) is 0.200. The maximum Gasteiger partial charge on any atom is 0.450 e. The van der Waals surface area contributed by atoms with Gasteiger partial charge in [-0.1, -0.05) is 0 Å². The molecule has 0 atom stereocenters. The van der Waals surface area contributed by atoms with E-state index in [0.29, 0.717) is 0 Å². The topological polar surface area (TPSA) is 9.23 Å². The Bertz CT molecular complexity index is 167. The summed E-state index contributed by atoms with van der Waals surface area (Å²) in [6, 6.07) is 0. The van der Waals surface area contributed by atoms with Crippen LogP contribution < -0.4 is 0 Å². The van der Waals surface area contributed by atoms with E-state index in [2.05, 4.69) is 16.2 Å². The van der Waals surface area contributed by atoms with Crippen LogP contribution in [0.2, 0.25) is 0 Å². The first kappa shape index (κ1) is 9.33. The third-order valence-corrected chi connectivity index (χ3v) is 0.568. The van der Waals surface area contributed by atoms with Crippen molar-refractivity contribution in [2.24, 2.45) is 0 Å². The van der Waals surface area contributed by atoms with Crippen molar-refractivity contribution in [2.45, 2.75) is 6.18 Å². The van der Waals surface area contributed by atoms with Gasteiger partial charge in [0.15, 0.2) is 6.26 Å². The van der Waals surface area contributed by atoms with Crippen LogP contribution in [0.25, 0.3) is 0 Å². The Kier molecular flexibility index (Phi) is 3.25. The zero-order chi connectivity index (χ0) is 8.20. The predicted molar refractivity (Wildman–Crippen MR) is 25.7 cm³/mol. The first-order valence-electron chi connectivity index (χ1n) is 1.93. The highest BCUT2D eigenvalue weighted by Gasteiger charge is 2.34. The zero-order valence-corrected chi connectivity index (χ0v) is 5.13. The summed E-state index contributed by atoms with van der Waals surface area (Å²) in [5.74, 6) is -2.38. The first-order valence-corrected chi connectivity index (χ1v) is 2.24. The first-order chi connectivity index (χ1) is 4.48. The molecule has 0 spiro atoms. The molecule has 10 heavy (non-hydrogen) atoms. The van der Waals surface area contributed by atoms with E-state index in [9.17, 15) is 17.6 Å². The lowest BCUT2D eigenvalue weighted by Crippen LogP contribution is -2.06. The zero-order valence-electron chi connectivity index (χ0n) is 4.38. The molecule has 0 aromatic rings. The van der Waals surface area contributed by atoms with Crippen LogP contribution in [-0.4, -0.2) is 6.18 Å². The molecule has 0 heterocycles. The summed E-state index contributed by atoms with van der Waals surface area (Å²) in [7, 11) is 0. The lowest BCUT2D eigenvalue weighted by Gasteiger charge is -1.97. The van der Waals surface area contributed by atoms with E-state index in [-0.39, 0.29) is 6.26 Å². The highest BCUT2D eigenvalue weighted by molar-refractivity contribution is 6.07. The van der Waals surface area contributed by atoms with E-state index in [4.69, 9.17) is 0 Å². The quantitative estimate of drug-likeness (QED) is 0.339. The van der Waals surface area contributed by atoms with Gasteiger partial charge >= 0.3 is 6.18 Å². The van der Waals surface area contributed by atoms with Crippen molar-refractivity contribution in [1.82, 2.24) is 0 Å². The van der Waals surface area contributed by atoms with Crippen LogP contribution in [0.4, 0.5) is 17.6 Å². The van der Waals surface area contributed by atoms with Crippen molar-refractivity contribution < 1.29 is 21.9 Å². The van der Waals surface area contributed by atoms with Crippen molar-refractivity contribution in [3.63, 3.8) is 0 Å². The second-order valence-electron chi connectivity index (χ2n) is 1.16. The van der Waals surface area contributed by atoms with E-state index < -0.39 is 12.0 Å². The molecule has 1 nitrogen and oxygen atoms in total. The van der Waals surface area contributed by atoms with E-state index in [0.717, 1.165) is 5.73 Å². The van der Waals surface area contributed by atoms with E-state index in [1.54, 1.807) is 0 Å². The van der Waals surface area contributed by atoms with Gasteiger partial charge < -0.3 is 4.29 Å². The number of hydrogen-bond donors (Lipinski definition) is 0. The summed E-state index contributed by atoms with van der Waals surface area (Å²) in [5.41, 5.74) is 1.12. The largest absolute Gasteiger partial charge is 0.450 e. The second kappa shape index (κ2) is 3.49. The Balaban J connectivity index is 4.34. The smallest absolute Gasteiger partial charge is 0.385 e. The Morgan fingerprint density at radius 1 is 1.50 bits per heavy atom. The van der Waals surface area contributed by atoms with Crippen molar-refractivity contribution >= 4 is 11.9 Å². The van der Waals surface area contributed by atoms with Gasteiger partial charge in [0.25, 0.3) is 0 Å². The Morgan fingerprint density at radius 3 is 2.30 bits per heavy atom. The molecule has 0 saturated heterocycles. The molecule has 58 valence electrons. The molecule has 0 N–H and O–H groups in total. The van der Waals surface area contributed by atoms with Gasteiger partial charge in [0.2, 0.25) is 5.83 Å². The summed E-state index contributed by atoms with van der Waals surface area (Å²) in [4.78, 5) is 0. The molecule has 0 radical (unpaired) electrons. The average molecular weight is 176 g/mol. The molecule has 0 aromatic carbocycles. The average Bonchev–Trinajstić information content (AvgIpc) is 1.80. The van der Waals surface area contributed by atoms with Gasteiger partial charge in [0.1, 0.15) is 11.9 Å². The fraction of sp³-hybridized carbons (Fsp3) is 0.250. The number of hydrogen-bond acceptors (Lipinski definition) is 1. The van der Waals surface area contributed by atoms with Crippen LogP contribution in [0.3, 0.4) is 0 Å². The molecule has 0 aromatic heterocycles. The molecule has 0 bridgehead atoms. The van der Waals surface area contributed by atoms with Crippen LogP contribution in [-0.2, 0) is 4.29 Å². The fourth-order valence-electron chi connectivity index (χ4n) is 0.156. The lowest BCUT2D eigenvalue weighted by atomic mass is 10.5. The molecule has 0 aliphatic rings. The molecule has 0 aliphatic heterocycles. The van der Waals surface area contributed by atoms with Crippen LogP contribution in [0.1, 0.15) is 0 Å². The molecular weight excluding hydrogens is 175 g/mol. The molecule has 0 amide bonds. The summed E-state index contributed by atoms with van der Waals surface area (Å²) in [6.45, 7) is 0. The van der Waals surface area contributed by atoms with Crippen LogP contribution in [0.5, 0.6) is 0 Å². The molecule has 0 aliphatic carbocycles. The van der Waals surface area contributed by atoms with Crippen LogP contribution >= 0.6 is 11.9 Å². The minimum absolute atomic E-state index is 0.254. The second-order valence-corrected chi connectivity index (χ2v) is 1.34. The van der Waals surface area contributed by atoms with Gasteiger partial charge in [-0.3, -0.25) is 0 Å². The Morgan fingerprint density at radius 2 is 2.00 bits per heavy atom. The summed E-state index contributed by atoms with van der Waals surface area (Å²) in [6.07, 6.45) is -4.77. The highest BCUT2D eigenvalue weighted by atomic mass is 35.5. The minimum atomic E-state index is -5.02. The molecule has 0 saturated carbocycles. The highest BCUT2D eigenvalue weighted by Crippen LogP contribution is 2.25. The van der Waals surface area contributed by atoms with Gasteiger partial charge in [0.05, 0.1) is 0 Å². The van der Waals surface area contributed by atoms with Gasteiger partial charge in [-0.05, 0) is 5.73 Å². The number of rotatable bonds is 1. The maximum absolute atomic E-state index is 11.6. The maximum atomic E-state index is 11.6. The number of halogens is 5. The van der Waals surface area contributed by atoms with Crippen molar-refractivity contribution in [2.75, 3.05) is 0 Å². The predicted octanol–water partition coefficient (Wildman–Crippen LogP) is 2.69.